The summed E-state index contributed by atoms with van der Waals surface area (Å²) in [6.07, 6.45) is 8.61. The summed E-state index contributed by atoms with van der Waals surface area (Å²) in [6.45, 7) is 4.60. The Morgan fingerprint density at radius 1 is 1.18 bits per heavy atom. The lowest BCUT2D eigenvalue weighted by molar-refractivity contribution is -0.133. The van der Waals surface area contributed by atoms with Crippen LogP contribution in [0.5, 0.6) is 5.75 Å². The summed E-state index contributed by atoms with van der Waals surface area (Å²) >= 11 is 0. The molecule has 6 heterocycles. The number of carbonyl (C=O) groups excluding carboxylic acids is 1. The van der Waals surface area contributed by atoms with Crippen molar-refractivity contribution in [3.05, 3.63) is 36.8 Å². The maximum atomic E-state index is 11.7. The number of hydrogen-bond acceptors (Lipinski definition) is 6. The number of fused-ring (bicyclic) bond motifs is 3. The minimum atomic E-state index is -0.0805. The monoisotopic (exact) mass is 459 g/mol. The molecule has 0 radical (unpaired) electrons. The van der Waals surface area contributed by atoms with E-state index in [1.54, 1.807) is 0 Å². The molecule has 8 heteroatoms. The zero-order valence-electron chi connectivity index (χ0n) is 19.3. The van der Waals surface area contributed by atoms with E-state index in [2.05, 4.69) is 46.0 Å². The summed E-state index contributed by atoms with van der Waals surface area (Å²) in [6, 6.07) is 8.94. The first kappa shape index (κ1) is 20.3. The van der Waals surface area contributed by atoms with Gasteiger partial charge >= 0.3 is 0 Å². The number of ether oxygens (including phenoxy) is 2. The van der Waals surface area contributed by atoms with Crippen molar-refractivity contribution in [2.75, 3.05) is 24.5 Å². The van der Waals surface area contributed by atoms with Crippen LogP contribution in [0.1, 0.15) is 38.6 Å². The van der Waals surface area contributed by atoms with Crippen LogP contribution >= 0.6 is 0 Å². The molecule has 8 rings (SSSR count). The van der Waals surface area contributed by atoms with Gasteiger partial charge in [-0.1, -0.05) is 0 Å². The van der Waals surface area contributed by atoms with Gasteiger partial charge in [0.05, 0.1) is 41.6 Å². The van der Waals surface area contributed by atoms with Gasteiger partial charge in [0.2, 0.25) is 5.91 Å². The lowest BCUT2D eigenvalue weighted by Crippen LogP contribution is -2.57. The molecular weight excluding hydrogens is 430 g/mol. The number of anilines is 1. The van der Waals surface area contributed by atoms with Gasteiger partial charge in [0.1, 0.15) is 17.4 Å². The molecule has 5 aliphatic rings. The normalized spacial score (nSPS) is 26.9. The Morgan fingerprint density at radius 2 is 2.00 bits per heavy atom. The molecular formula is C26H29N5O3. The van der Waals surface area contributed by atoms with Gasteiger partial charge in [-0.2, -0.15) is 0 Å². The fourth-order valence-electron chi connectivity index (χ4n) is 5.57. The number of pyridine rings is 1. The van der Waals surface area contributed by atoms with E-state index in [1.807, 2.05) is 12.5 Å². The highest BCUT2D eigenvalue weighted by Gasteiger charge is 2.38. The highest BCUT2D eigenvalue weighted by molar-refractivity contribution is 5.88. The largest absolute Gasteiger partial charge is 0.488 e. The van der Waals surface area contributed by atoms with Gasteiger partial charge in [0, 0.05) is 50.0 Å². The van der Waals surface area contributed by atoms with Gasteiger partial charge in [0.25, 0.3) is 0 Å². The van der Waals surface area contributed by atoms with Gasteiger partial charge in [-0.15, -0.1) is 0 Å². The lowest BCUT2D eigenvalue weighted by Gasteiger charge is -2.47. The molecule has 4 atom stereocenters. The Labute approximate surface area is 198 Å². The first-order valence-electron chi connectivity index (χ1n) is 12.4. The molecule has 8 nitrogen and oxygen atoms in total. The third-order valence-corrected chi connectivity index (χ3v) is 7.73. The van der Waals surface area contributed by atoms with E-state index in [4.69, 9.17) is 19.4 Å². The Balaban J connectivity index is 1.21. The molecule has 34 heavy (non-hydrogen) atoms. The maximum Gasteiger partial charge on any atom is 0.220 e. The molecule has 1 aromatic carbocycles. The number of benzene rings is 1. The van der Waals surface area contributed by atoms with Crippen LogP contribution < -0.4 is 15.0 Å². The summed E-state index contributed by atoms with van der Waals surface area (Å²) < 4.78 is 14.5. The van der Waals surface area contributed by atoms with Gasteiger partial charge in [-0.25, -0.2) is 4.98 Å². The number of imidazole rings is 1. The fourth-order valence-corrected chi connectivity index (χ4v) is 5.57. The molecule has 1 aliphatic carbocycles. The summed E-state index contributed by atoms with van der Waals surface area (Å²) in [5.41, 5.74) is 5.00. The van der Waals surface area contributed by atoms with Crippen LogP contribution in [0.3, 0.4) is 0 Å². The first-order chi connectivity index (χ1) is 16.6. The molecule has 1 amide bonds. The molecule has 3 aromatic rings. The van der Waals surface area contributed by atoms with Crippen molar-refractivity contribution < 1.29 is 14.3 Å². The van der Waals surface area contributed by atoms with Crippen molar-refractivity contribution in [3.8, 4) is 17.0 Å². The zero-order chi connectivity index (χ0) is 22.8. The van der Waals surface area contributed by atoms with Crippen molar-refractivity contribution in [2.45, 2.75) is 57.0 Å². The van der Waals surface area contributed by atoms with Crippen LogP contribution in [-0.2, 0) is 9.53 Å². The molecule has 0 spiro atoms. The second-order valence-electron chi connectivity index (χ2n) is 10.2. The summed E-state index contributed by atoms with van der Waals surface area (Å²) in [7, 11) is 0. The summed E-state index contributed by atoms with van der Waals surface area (Å²) in [5.74, 6) is 1.09. The molecule has 2 bridgehead atoms. The Morgan fingerprint density at radius 3 is 2.68 bits per heavy atom. The number of nitrogens with zero attached hydrogens (tertiary/aromatic N) is 4. The second-order valence-corrected chi connectivity index (χ2v) is 10.2. The predicted octanol–water partition coefficient (Wildman–Crippen LogP) is 3.31. The average molecular weight is 460 g/mol. The smallest absolute Gasteiger partial charge is 0.220 e. The quantitative estimate of drug-likeness (QED) is 0.609. The number of aromatic nitrogens is 3. The van der Waals surface area contributed by atoms with Crippen molar-refractivity contribution in [1.82, 2.24) is 19.9 Å². The standard InChI is InChI=1S/C26H29N5O3/c1-15(17-8-25(32)28-10-17)33-24-7-16(6-23-26(24)31(14-29-23)18-2-3-18)22-5-4-19(11-27-22)30-12-20-9-21(13-30)34-20/h4-7,11,14-15,17-18,20-21H,2-3,8-10,12-13H2,1H3,(H,28,32). The molecule has 4 aliphatic heterocycles. The predicted molar refractivity (Wildman–Crippen MR) is 128 cm³/mol. The molecule has 4 saturated heterocycles. The van der Waals surface area contributed by atoms with Crippen LogP contribution in [0.25, 0.3) is 22.3 Å². The minimum Gasteiger partial charge on any atom is -0.488 e. The fraction of sp³-hybridized carbons (Fsp3) is 0.500. The van der Waals surface area contributed by atoms with Crippen molar-refractivity contribution >= 4 is 22.6 Å². The number of carbonyl (C=O) groups is 1. The average Bonchev–Trinajstić information content (AvgIpc) is 3.44. The zero-order valence-corrected chi connectivity index (χ0v) is 19.3. The number of morpholine rings is 1. The molecule has 5 fully saturated rings. The third kappa shape index (κ3) is 3.52. The number of nitrogens with one attached hydrogen (secondary N) is 1. The van der Waals surface area contributed by atoms with Crippen LogP contribution in [0.15, 0.2) is 36.8 Å². The van der Waals surface area contributed by atoms with E-state index in [-0.39, 0.29) is 17.9 Å². The second kappa shape index (κ2) is 7.70. The molecule has 1 saturated carbocycles. The van der Waals surface area contributed by atoms with Gasteiger partial charge in [-0.05, 0) is 44.0 Å². The SMILES string of the molecule is CC(Oc1cc(-c2ccc(N3CC4CC(C3)O4)cn2)cc2ncn(C3CC3)c12)C1CNC(=O)C1. The van der Waals surface area contributed by atoms with Crippen molar-refractivity contribution in [1.29, 1.82) is 0 Å². The number of amides is 1. The number of hydrogen-bond donors (Lipinski definition) is 1. The van der Waals surface area contributed by atoms with E-state index in [0.29, 0.717) is 31.2 Å². The van der Waals surface area contributed by atoms with Crippen molar-refractivity contribution in [2.24, 2.45) is 5.92 Å². The molecule has 176 valence electrons. The van der Waals surface area contributed by atoms with E-state index in [9.17, 15) is 4.79 Å². The van der Waals surface area contributed by atoms with Crippen LogP contribution in [0, 0.1) is 5.92 Å². The van der Waals surface area contributed by atoms with E-state index < -0.39 is 0 Å². The van der Waals surface area contributed by atoms with Crippen LogP contribution in [-0.4, -0.2) is 58.4 Å². The Kier molecular flexibility index (Phi) is 4.59. The topological polar surface area (TPSA) is 81.5 Å². The number of piperidine rings is 1. The molecule has 4 unspecified atom stereocenters. The van der Waals surface area contributed by atoms with Crippen molar-refractivity contribution in [3.63, 3.8) is 0 Å². The number of rotatable bonds is 6. The van der Waals surface area contributed by atoms with E-state index in [1.165, 1.54) is 19.3 Å². The van der Waals surface area contributed by atoms with E-state index >= 15 is 0 Å². The van der Waals surface area contributed by atoms with Gasteiger partial charge in [-0.3, -0.25) is 9.78 Å². The Bertz CT molecular complexity index is 1240. The van der Waals surface area contributed by atoms with Gasteiger partial charge in [0.15, 0.2) is 0 Å². The highest BCUT2D eigenvalue weighted by Crippen LogP contribution is 2.41. The maximum absolute atomic E-state index is 11.7. The van der Waals surface area contributed by atoms with E-state index in [0.717, 1.165) is 46.8 Å². The summed E-state index contributed by atoms with van der Waals surface area (Å²) in [4.78, 5) is 23.6. The summed E-state index contributed by atoms with van der Waals surface area (Å²) in [5, 5.41) is 2.92. The molecule has 2 aromatic heterocycles. The van der Waals surface area contributed by atoms with Crippen LogP contribution in [0.4, 0.5) is 5.69 Å². The van der Waals surface area contributed by atoms with Gasteiger partial charge < -0.3 is 24.3 Å². The third-order valence-electron chi connectivity index (χ3n) is 7.73. The first-order valence-corrected chi connectivity index (χ1v) is 12.4. The molecule has 1 N–H and O–H groups in total. The van der Waals surface area contributed by atoms with Crippen LogP contribution in [0.2, 0.25) is 0 Å². The highest BCUT2D eigenvalue weighted by atomic mass is 16.5. The minimum absolute atomic E-state index is 0.0805. The Hall–Kier alpha value is -3.13. The lowest BCUT2D eigenvalue weighted by atomic mass is 9.98.